The van der Waals surface area contributed by atoms with Crippen LogP contribution in [0.4, 0.5) is 18.0 Å². The predicted molar refractivity (Wildman–Crippen MR) is 77.3 cm³/mol. The number of rotatable bonds is 5. The average Bonchev–Trinajstić information content (AvgIpc) is 2.96. The van der Waals surface area contributed by atoms with E-state index in [9.17, 15) is 22.8 Å². The first kappa shape index (κ1) is 18.1. The highest BCUT2D eigenvalue weighted by molar-refractivity contribution is 5.88. The molecule has 0 saturated carbocycles. The standard InChI is InChI=1S/C14H19F3N4O3/c1-8-10(9(2)24-20-8)3-5-18-13(23)19-11-4-6-21(12(11)22)7-14(15,16)17/h11H,3-7H2,1-2H3,(H2,18,19,23)/t11-/m1/s1. The summed E-state index contributed by atoms with van der Waals surface area (Å²) in [7, 11) is 0. The van der Waals surface area contributed by atoms with Crippen molar-refractivity contribution in [3.05, 3.63) is 17.0 Å². The van der Waals surface area contributed by atoms with Crippen LogP contribution in [0.5, 0.6) is 0 Å². The zero-order valence-corrected chi connectivity index (χ0v) is 13.4. The lowest BCUT2D eigenvalue weighted by Crippen LogP contribution is -2.47. The predicted octanol–water partition coefficient (Wildman–Crippen LogP) is 1.30. The number of aromatic nitrogens is 1. The molecule has 7 nitrogen and oxygen atoms in total. The molecular weight excluding hydrogens is 329 g/mol. The van der Waals surface area contributed by atoms with E-state index >= 15 is 0 Å². The van der Waals surface area contributed by atoms with Crippen LogP contribution in [-0.2, 0) is 11.2 Å². The second-order valence-corrected chi connectivity index (χ2v) is 5.67. The molecule has 1 aliphatic heterocycles. The molecule has 2 heterocycles. The summed E-state index contributed by atoms with van der Waals surface area (Å²) in [6.07, 6.45) is -3.78. The molecule has 1 atom stereocenters. The van der Waals surface area contributed by atoms with Gasteiger partial charge in [0.25, 0.3) is 0 Å². The maximum Gasteiger partial charge on any atom is 0.406 e. The average molecular weight is 348 g/mol. The SMILES string of the molecule is Cc1noc(C)c1CCNC(=O)N[C@@H]1CCN(CC(F)(F)F)C1=O. The van der Waals surface area contributed by atoms with Gasteiger partial charge in [-0.05, 0) is 26.7 Å². The molecule has 1 aromatic rings. The molecule has 0 radical (unpaired) electrons. The molecular formula is C14H19F3N4O3. The fourth-order valence-corrected chi connectivity index (χ4v) is 2.62. The second-order valence-electron chi connectivity index (χ2n) is 5.67. The summed E-state index contributed by atoms with van der Waals surface area (Å²) in [5.41, 5.74) is 1.63. The van der Waals surface area contributed by atoms with Crippen molar-refractivity contribution in [2.75, 3.05) is 19.6 Å². The summed E-state index contributed by atoms with van der Waals surface area (Å²) in [5, 5.41) is 8.78. The Balaban J connectivity index is 1.76. The van der Waals surface area contributed by atoms with Gasteiger partial charge in [0.2, 0.25) is 5.91 Å². The molecule has 2 rings (SSSR count). The molecule has 1 fully saturated rings. The van der Waals surface area contributed by atoms with Gasteiger partial charge in [0, 0.05) is 18.7 Å². The van der Waals surface area contributed by atoms with Gasteiger partial charge in [-0.15, -0.1) is 0 Å². The zero-order chi connectivity index (χ0) is 17.9. The van der Waals surface area contributed by atoms with E-state index in [1.807, 2.05) is 0 Å². The largest absolute Gasteiger partial charge is 0.406 e. The lowest BCUT2D eigenvalue weighted by molar-refractivity contribution is -0.157. The fourth-order valence-electron chi connectivity index (χ4n) is 2.62. The van der Waals surface area contributed by atoms with Crippen molar-refractivity contribution in [2.45, 2.75) is 38.9 Å². The van der Waals surface area contributed by atoms with Gasteiger partial charge in [0.05, 0.1) is 5.69 Å². The number of hydrogen-bond acceptors (Lipinski definition) is 4. The van der Waals surface area contributed by atoms with Gasteiger partial charge in [-0.3, -0.25) is 4.79 Å². The molecule has 2 N–H and O–H groups in total. The first-order chi connectivity index (χ1) is 11.2. The van der Waals surface area contributed by atoms with Crippen LogP contribution in [0.1, 0.15) is 23.4 Å². The Hall–Kier alpha value is -2.26. The summed E-state index contributed by atoms with van der Waals surface area (Å²) in [6.45, 7) is 2.53. The van der Waals surface area contributed by atoms with Crippen molar-refractivity contribution in [3.63, 3.8) is 0 Å². The van der Waals surface area contributed by atoms with Crippen LogP contribution in [-0.4, -0.2) is 53.8 Å². The van der Waals surface area contributed by atoms with Crippen LogP contribution in [0.25, 0.3) is 0 Å². The van der Waals surface area contributed by atoms with Crippen molar-refractivity contribution in [2.24, 2.45) is 0 Å². The number of likely N-dealkylation sites (tertiary alicyclic amines) is 1. The van der Waals surface area contributed by atoms with Crippen LogP contribution >= 0.6 is 0 Å². The Bertz CT molecular complexity index is 595. The highest BCUT2D eigenvalue weighted by Gasteiger charge is 2.39. The first-order valence-electron chi connectivity index (χ1n) is 7.49. The quantitative estimate of drug-likeness (QED) is 0.840. The second kappa shape index (κ2) is 7.10. The van der Waals surface area contributed by atoms with Gasteiger partial charge in [-0.25, -0.2) is 4.79 Å². The van der Waals surface area contributed by atoms with Crippen molar-refractivity contribution in [3.8, 4) is 0 Å². The minimum Gasteiger partial charge on any atom is -0.361 e. The third kappa shape index (κ3) is 4.62. The number of alkyl halides is 3. The Morgan fingerprint density at radius 2 is 2.12 bits per heavy atom. The number of halogens is 3. The van der Waals surface area contributed by atoms with Crippen molar-refractivity contribution < 1.29 is 27.3 Å². The highest BCUT2D eigenvalue weighted by Crippen LogP contribution is 2.20. The number of hydrogen-bond donors (Lipinski definition) is 2. The zero-order valence-electron chi connectivity index (χ0n) is 13.4. The van der Waals surface area contributed by atoms with E-state index in [-0.39, 0.29) is 13.0 Å². The number of nitrogens with one attached hydrogen (secondary N) is 2. The maximum absolute atomic E-state index is 12.3. The minimum absolute atomic E-state index is 0.0254. The van der Waals surface area contributed by atoms with Gasteiger partial charge in [0.1, 0.15) is 18.3 Å². The van der Waals surface area contributed by atoms with Crippen LogP contribution in [0, 0.1) is 13.8 Å². The summed E-state index contributed by atoms with van der Waals surface area (Å²) in [4.78, 5) is 24.3. The molecule has 0 bridgehead atoms. The summed E-state index contributed by atoms with van der Waals surface area (Å²) >= 11 is 0. The molecule has 0 unspecified atom stereocenters. The molecule has 0 spiro atoms. The number of carbonyl (C=O) groups excluding carboxylic acids is 2. The molecule has 10 heteroatoms. The first-order valence-corrected chi connectivity index (χ1v) is 7.49. The van der Waals surface area contributed by atoms with Gasteiger partial charge in [-0.1, -0.05) is 5.16 Å². The maximum atomic E-state index is 12.3. The van der Waals surface area contributed by atoms with Crippen LogP contribution in [0.15, 0.2) is 4.52 Å². The lowest BCUT2D eigenvalue weighted by atomic mass is 10.1. The van der Waals surface area contributed by atoms with Gasteiger partial charge < -0.3 is 20.1 Å². The number of urea groups is 1. The van der Waals surface area contributed by atoms with E-state index in [1.165, 1.54) is 0 Å². The summed E-state index contributed by atoms with van der Waals surface area (Å²) in [6, 6.07) is -1.51. The van der Waals surface area contributed by atoms with Crippen molar-refractivity contribution >= 4 is 11.9 Å². The third-order valence-electron chi connectivity index (χ3n) is 3.81. The van der Waals surface area contributed by atoms with Crippen LogP contribution in [0.2, 0.25) is 0 Å². The molecule has 1 aromatic heterocycles. The van der Waals surface area contributed by atoms with E-state index in [4.69, 9.17) is 4.52 Å². The summed E-state index contributed by atoms with van der Waals surface area (Å²) in [5.74, 6) is -0.0448. The van der Waals surface area contributed by atoms with Gasteiger partial charge in [-0.2, -0.15) is 13.2 Å². The van der Waals surface area contributed by atoms with E-state index in [0.29, 0.717) is 23.6 Å². The number of amides is 3. The minimum atomic E-state index is -4.44. The fraction of sp³-hybridized carbons (Fsp3) is 0.643. The highest BCUT2D eigenvalue weighted by atomic mass is 19.4. The molecule has 1 saturated heterocycles. The molecule has 0 aromatic carbocycles. The van der Waals surface area contributed by atoms with E-state index in [0.717, 1.165) is 11.3 Å². The van der Waals surface area contributed by atoms with Crippen LogP contribution < -0.4 is 10.6 Å². The normalized spacial score (nSPS) is 18.1. The number of nitrogens with zero attached hydrogens (tertiary/aromatic N) is 2. The summed E-state index contributed by atoms with van der Waals surface area (Å²) < 4.78 is 42.0. The Morgan fingerprint density at radius 3 is 2.71 bits per heavy atom. The van der Waals surface area contributed by atoms with Crippen molar-refractivity contribution in [1.29, 1.82) is 0 Å². The molecule has 24 heavy (non-hydrogen) atoms. The third-order valence-corrected chi connectivity index (χ3v) is 3.81. The monoisotopic (exact) mass is 348 g/mol. The Kier molecular flexibility index (Phi) is 5.35. The number of aryl methyl sites for hydroxylation is 2. The smallest absolute Gasteiger partial charge is 0.361 e. The Morgan fingerprint density at radius 1 is 1.42 bits per heavy atom. The van der Waals surface area contributed by atoms with E-state index in [2.05, 4.69) is 15.8 Å². The molecule has 134 valence electrons. The lowest BCUT2D eigenvalue weighted by Gasteiger charge is -2.18. The topological polar surface area (TPSA) is 87.5 Å². The Labute approximate surface area is 136 Å². The number of carbonyl (C=O) groups is 2. The van der Waals surface area contributed by atoms with Gasteiger partial charge >= 0.3 is 12.2 Å². The van der Waals surface area contributed by atoms with Crippen molar-refractivity contribution in [1.82, 2.24) is 20.7 Å². The molecule has 3 amide bonds. The molecule has 1 aliphatic rings. The van der Waals surface area contributed by atoms with Gasteiger partial charge in [0.15, 0.2) is 0 Å². The van der Waals surface area contributed by atoms with E-state index < -0.39 is 30.7 Å². The van der Waals surface area contributed by atoms with E-state index in [1.54, 1.807) is 13.8 Å². The molecule has 0 aliphatic carbocycles. The van der Waals surface area contributed by atoms with Crippen LogP contribution in [0.3, 0.4) is 0 Å².